The van der Waals surface area contributed by atoms with E-state index >= 15 is 0 Å². The zero-order valence-corrected chi connectivity index (χ0v) is 15.6. The van der Waals surface area contributed by atoms with E-state index in [9.17, 15) is 0 Å². The average Bonchev–Trinajstić information content (AvgIpc) is 2.83. The summed E-state index contributed by atoms with van der Waals surface area (Å²) in [5.41, 5.74) is 1.39. The second-order valence-electron chi connectivity index (χ2n) is 7.76. The van der Waals surface area contributed by atoms with Gasteiger partial charge in [0.05, 0.1) is 6.61 Å². The smallest absolute Gasteiger partial charge is 0.119 e. The van der Waals surface area contributed by atoms with Gasteiger partial charge in [0.15, 0.2) is 0 Å². The molecule has 2 fully saturated rings. The van der Waals surface area contributed by atoms with Crippen LogP contribution in [0.25, 0.3) is 0 Å². The second-order valence-corrected chi connectivity index (χ2v) is 7.76. The number of benzene rings is 1. The van der Waals surface area contributed by atoms with Gasteiger partial charge in [0.1, 0.15) is 5.75 Å². The molecule has 4 nitrogen and oxygen atoms in total. The average molecular weight is 332 g/mol. The van der Waals surface area contributed by atoms with Gasteiger partial charge < -0.3 is 14.5 Å². The Kier molecular flexibility index (Phi) is 6.14. The summed E-state index contributed by atoms with van der Waals surface area (Å²) in [4.78, 5) is 7.45. The van der Waals surface area contributed by atoms with Crippen molar-refractivity contribution in [2.24, 2.45) is 0 Å². The molecule has 3 rings (SSSR count). The number of nitrogens with zero attached hydrogens (tertiary/aromatic N) is 3. The van der Waals surface area contributed by atoms with Gasteiger partial charge in [0, 0.05) is 31.7 Å². The minimum absolute atomic E-state index is 0.729. The summed E-state index contributed by atoms with van der Waals surface area (Å²) in [6, 6.07) is 10.2. The third-order valence-electron chi connectivity index (χ3n) is 5.42. The maximum Gasteiger partial charge on any atom is 0.119 e. The number of ether oxygens (including phenoxy) is 1. The van der Waals surface area contributed by atoms with Crippen molar-refractivity contribution in [3.8, 4) is 5.75 Å². The highest BCUT2D eigenvalue weighted by molar-refractivity contribution is 5.28. The molecule has 0 aromatic heterocycles. The van der Waals surface area contributed by atoms with Gasteiger partial charge in [-0.15, -0.1) is 0 Å². The molecule has 2 atom stereocenters. The van der Waals surface area contributed by atoms with Crippen molar-refractivity contribution in [2.75, 3.05) is 47.4 Å². The Balaban J connectivity index is 1.56. The molecule has 2 heterocycles. The molecule has 0 unspecified atom stereocenters. The molecule has 0 amide bonds. The summed E-state index contributed by atoms with van der Waals surface area (Å²) in [5.74, 6) is 1.02. The van der Waals surface area contributed by atoms with E-state index in [0.29, 0.717) is 0 Å². The Morgan fingerprint density at radius 2 is 2.00 bits per heavy atom. The van der Waals surface area contributed by atoms with Crippen molar-refractivity contribution < 1.29 is 4.74 Å². The van der Waals surface area contributed by atoms with Gasteiger partial charge in [-0.05, 0) is 71.1 Å². The fourth-order valence-electron chi connectivity index (χ4n) is 4.11. The minimum Gasteiger partial charge on any atom is -0.494 e. The molecule has 24 heavy (non-hydrogen) atoms. The van der Waals surface area contributed by atoms with Crippen LogP contribution < -0.4 is 4.74 Å². The van der Waals surface area contributed by atoms with E-state index < -0.39 is 0 Å². The summed E-state index contributed by atoms with van der Waals surface area (Å²) in [6.45, 7) is 5.40. The normalized spacial score (nSPS) is 25.2. The van der Waals surface area contributed by atoms with Crippen LogP contribution >= 0.6 is 0 Å². The molecule has 1 aromatic carbocycles. The van der Waals surface area contributed by atoms with Crippen LogP contribution in [0.3, 0.4) is 0 Å². The van der Waals surface area contributed by atoms with Gasteiger partial charge in [0.2, 0.25) is 0 Å². The van der Waals surface area contributed by atoms with Crippen LogP contribution in [0.5, 0.6) is 5.75 Å². The van der Waals surface area contributed by atoms with E-state index in [1.165, 1.54) is 37.9 Å². The van der Waals surface area contributed by atoms with Crippen LogP contribution in [-0.4, -0.2) is 74.2 Å². The quantitative estimate of drug-likeness (QED) is 0.715. The Labute approximate surface area is 147 Å². The number of fused-ring (bicyclic) bond motifs is 2. The molecule has 0 aliphatic carbocycles. The van der Waals surface area contributed by atoms with Gasteiger partial charge in [-0.25, -0.2) is 0 Å². The Morgan fingerprint density at radius 3 is 2.83 bits per heavy atom. The van der Waals surface area contributed by atoms with Crippen LogP contribution in [0.2, 0.25) is 0 Å². The molecule has 0 radical (unpaired) electrons. The summed E-state index contributed by atoms with van der Waals surface area (Å²) >= 11 is 0. The summed E-state index contributed by atoms with van der Waals surface area (Å²) in [6.07, 6.45) is 5.11. The topological polar surface area (TPSA) is 19.0 Å². The highest BCUT2D eigenvalue weighted by atomic mass is 16.5. The van der Waals surface area contributed by atoms with E-state index in [4.69, 9.17) is 4.74 Å². The van der Waals surface area contributed by atoms with Crippen molar-refractivity contribution in [1.82, 2.24) is 14.7 Å². The van der Waals surface area contributed by atoms with Gasteiger partial charge in [0.25, 0.3) is 0 Å². The summed E-state index contributed by atoms with van der Waals surface area (Å²) < 4.78 is 5.94. The summed E-state index contributed by atoms with van der Waals surface area (Å²) in [5, 5.41) is 0. The van der Waals surface area contributed by atoms with Gasteiger partial charge in [-0.3, -0.25) is 4.90 Å². The maximum atomic E-state index is 5.94. The molecule has 2 aliphatic heterocycles. The number of hydrogen-bond donors (Lipinski definition) is 0. The van der Waals surface area contributed by atoms with E-state index in [2.05, 4.69) is 60.1 Å². The molecular weight excluding hydrogens is 298 g/mol. The van der Waals surface area contributed by atoms with Crippen LogP contribution in [0.15, 0.2) is 24.3 Å². The molecule has 4 heteroatoms. The van der Waals surface area contributed by atoms with E-state index in [0.717, 1.165) is 44.0 Å². The Bertz CT molecular complexity index is 519. The predicted molar refractivity (Wildman–Crippen MR) is 99.6 cm³/mol. The van der Waals surface area contributed by atoms with Crippen molar-refractivity contribution in [2.45, 2.75) is 44.3 Å². The van der Waals surface area contributed by atoms with Crippen molar-refractivity contribution in [3.63, 3.8) is 0 Å². The van der Waals surface area contributed by atoms with Crippen LogP contribution in [0, 0.1) is 0 Å². The zero-order valence-electron chi connectivity index (χ0n) is 15.6. The molecule has 0 spiro atoms. The number of hydrogen-bond acceptors (Lipinski definition) is 4. The molecule has 2 aliphatic rings. The number of rotatable bonds is 7. The molecule has 0 N–H and O–H groups in total. The molecular formula is C20H33N3O. The lowest BCUT2D eigenvalue weighted by molar-refractivity contribution is 0.183. The zero-order chi connectivity index (χ0) is 16.9. The maximum absolute atomic E-state index is 5.94. The van der Waals surface area contributed by atoms with Crippen molar-refractivity contribution in [1.29, 1.82) is 0 Å². The molecule has 1 aromatic rings. The molecule has 134 valence electrons. The largest absolute Gasteiger partial charge is 0.494 e. The van der Waals surface area contributed by atoms with E-state index in [-0.39, 0.29) is 0 Å². The first-order valence-electron chi connectivity index (χ1n) is 9.42. The highest BCUT2D eigenvalue weighted by Gasteiger charge is 2.36. The lowest BCUT2D eigenvalue weighted by Gasteiger charge is -2.28. The molecule has 2 bridgehead atoms. The monoisotopic (exact) mass is 331 g/mol. The molecule has 0 saturated carbocycles. The number of likely N-dealkylation sites (tertiary alicyclic amines) is 1. The predicted octanol–water partition coefficient (Wildman–Crippen LogP) is 2.69. The minimum atomic E-state index is 0.729. The fraction of sp³-hybridized carbons (Fsp3) is 0.700. The lowest BCUT2D eigenvalue weighted by Crippen LogP contribution is -2.37. The standard InChI is InChI=1S/C20H33N3O/c1-21(2)11-5-13-24-20-7-4-6-17(14-20)15-23-18-8-9-19(23)16-22(3)12-10-18/h4,6-7,14,18-19H,5,8-13,15-16H2,1-3H3/t18-,19+/m1/s1. The van der Waals surface area contributed by atoms with Gasteiger partial charge in [-0.1, -0.05) is 12.1 Å². The lowest BCUT2D eigenvalue weighted by atomic mass is 10.1. The first kappa shape index (κ1) is 17.7. The van der Waals surface area contributed by atoms with Gasteiger partial charge in [-0.2, -0.15) is 0 Å². The SMILES string of the molecule is CN(C)CCCOc1cccc(CN2[C@@H]3CC[C@H]2CN(C)CC3)c1. The van der Waals surface area contributed by atoms with E-state index in [1.54, 1.807) is 0 Å². The van der Waals surface area contributed by atoms with E-state index in [1.807, 2.05) is 0 Å². The van der Waals surface area contributed by atoms with Crippen LogP contribution in [-0.2, 0) is 6.54 Å². The van der Waals surface area contributed by atoms with Crippen molar-refractivity contribution >= 4 is 0 Å². The third kappa shape index (κ3) is 4.71. The summed E-state index contributed by atoms with van der Waals surface area (Å²) in [7, 11) is 6.47. The first-order chi connectivity index (χ1) is 11.6. The Morgan fingerprint density at radius 1 is 1.17 bits per heavy atom. The number of likely N-dealkylation sites (N-methyl/N-ethyl adjacent to an activating group) is 1. The first-order valence-corrected chi connectivity index (χ1v) is 9.42. The highest BCUT2D eigenvalue weighted by Crippen LogP contribution is 2.31. The van der Waals surface area contributed by atoms with Crippen LogP contribution in [0.1, 0.15) is 31.2 Å². The third-order valence-corrected chi connectivity index (χ3v) is 5.42. The Hall–Kier alpha value is -1.10. The van der Waals surface area contributed by atoms with Crippen molar-refractivity contribution in [3.05, 3.63) is 29.8 Å². The second kappa shape index (κ2) is 8.32. The fourth-order valence-corrected chi connectivity index (χ4v) is 4.11. The van der Waals surface area contributed by atoms with Crippen LogP contribution in [0.4, 0.5) is 0 Å². The molecule has 2 saturated heterocycles. The van der Waals surface area contributed by atoms with Gasteiger partial charge >= 0.3 is 0 Å².